The molecular weight excluding hydrogens is 380 g/mol. The number of anilines is 2. The van der Waals surface area contributed by atoms with E-state index in [1.54, 1.807) is 42.2 Å². The summed E-state index contributed by atoms with van der Waals surface area (Å²) in [5.41, 5.74) is 2.59. The molecule has 1 saturated heterocycles. The van der Waals surface area contributed by atoms with Gasteiger partial charge in [-0.1, -0.05) is 17.7 Å². The number of aryl methyl sites for hydroxylation is 1. The van der Waals surface area contributed by atoms with Crippen LogP contribution in [0.2, 0.25) is 5.02 Å². The minimum Gasteiger partial charge on any atom is -0.462 e. The Morgan fingerprint density at radius 1 is 1.21 bits per heavy atom. The zero-order chi connectivity index (χ0) is 20.3. The second kappa shape index (κ2) is 8.44. The molecule has 0 unspecified atom stereocenters. The van der Waals surface area contributed by atoms with Crippen LogP contribution in [0.5, 0.6) is 0 Å². The van der Waals surface area contributed by atoms with E-state index >= 15 is 0 Å². The van der Waals surface area contributed by atoms with Gasteiger partial charge in [0.05, 0.1) is 18.1 Å². The van der Waals surface area contributed by atoms with Gasteiger partial charge in [0.25, 0.3) is 0 Å². The first kappa shape index (κ1) is 19.9. The third kappa shape index (κ3) is 4.34. The average molecular weight is 401 g/mol. The number of nitrogens with one attached hydrogen (secondary N) is 1. The first-order valence-electron chi connectivity index (χ1n) is 9.03. The van der Waals surface area contributed by atoms with Crippen LogP contribution in [0.15, 0.2) is 42.5 Å². The molecular formula is C21H21ClN2O4. The number of carbonyl (C=O) groups is 3. The molecule has 0 bridgehead atoms. The number of hydrogen-bond acceptors (Lipinski definition) is 4. The molecule has 146 valence electrons. The number of halogens is 1. The Morgan fingerprint density at radius 2 is 1.93 bits per heavy atom. The lowest BCUT2D eigenvalue weighted by Gasteiger charge is -2.17. The largest absolute Gasteiger partial charge is 0.462 e. The molecule has 1 heterocycles. The molecule has 2 amide bonds. The van der Waals surface area contributed by atoms with E-state index in [9.17, 15) is 14.4 Å². The van der Waals surface area contributed by atoms with E-state index in [0.717, 1.165) is 5.56 Å². The van der Waals surface area contributed by atoms with Crippen molar-refractivity contribution in [2.24, 2.45) is 5.92 Å². The molecule has 0 spiro atoms. The molecule has 0 radical (unpaired) electrons. The lowest BCUT2D eigenvalue weighted by atomic mass is 10.1. The number of ether oxygens (including phenoxy) is 1. The van der Waals surface area contributed by atoms with Gasteiger partial charge in [-0.3, -0.25) is 9.59 Å². The highest BCUT2D eigenvalue weighted by Crippen LogP contribution is 2.29. The Hall–Kier alpha value is -2.86. The van der Waals surface area contributed by atoms with Gasteiger partial charge in [-0.2, -0.15) is 0 Å². The summed E-state index contributed by atoms with van der Waals surface area (Å²) >= 11 is 6.15. The van der Waals surface area contributed by atoms with E-state index in [4.69, 9.17) is 16.3 Å². The summed E-state index contributed by atoms with van der Waals surface area (Å²) in [4.78, 5) is 38.2. The molecule has 2 aromatic rings. The summed E-state index contributed by atoms with van der Waals surface area (Å²) in [6.07, 6.45) is 0.137. The Balaban J connectivity index is 1.64. The van der Waals surface area contributed by atoms with Crippen LogP contribution in [0, 0.1) is 12.8 Å². The number of nitrogens with zero attached hydrogens (tertiary/aromatic N) is 1. The number of carbonyl (C=O) groups excluding carboxylic acids is 3. The molecule has 28 heavy (non-hydrogen) atoms. The van der Waals surface area contributed by atoms with Crippen molar-refractivity contribution < 1.29 is 19.1 Å². The molecule has 1 N–H and O–H groups in total. The standard InChI is InChI=1S/C21H21ClN2O4/c1-3-28-21(27)14-5-7-16(8-6-14)23-20(26)15-10-19(25)24(12-15)17-9-4-13(2)18(22)11-17/h4-9,11,15H,3,10,12H2,1-2H3,(H,23,26)/t15-/m1/s1. The van der Waals surface area contributed by atoms with E-state index in [-0.39, 0.29) is 18.2 Å². The summed E-state index contributed by atoms with van der Waals surface area (Å²) in [7, 11) is 0. The van der Waals surface area contributed by atoms with Gasteiger partial charge in [-0.25, -0.2) is 4.79 Å². The molecule has 6 nitrogen and oxygen atoms in total. The molecule has 0 aromatic heterocycles. The summed E-state index contributed by atoms with van der Waals surface area (Å²) in [6.45, 7) is 4.23. The maximum absolute atomic E-state index is 12.6. The minimum atomic E-state index is -0.461. The molecule has 1 fully saturated rings. The van der Waals surface area contributed by atoms with Crippen LogP contribution >= 0.6 is 11.6 Å². The topological polar surface area (TPSA) is 75.7 Å². The molecule has 1 aliphatic heterocycles. The first-order chi connectivity index (χ1) is 13.4. The van der Waals surface area contributed by atoms with Crippen LogP contribution in [-0.2, 0) is 14.3 Å². The van der Waals surface area contributed by atoms with Crippen molar-refractivity contribution in [2.75, 3.05) is 23.4 Å². The van der Waals surface area contributed by atoms with Gasteiger partial charge in [0, 0.05) is 29.4 Å². The molecule has 2 aromatic carbocycles. The van der Waals surface area contributed by atoms with Crippen molar-refractivity contribution in [3.8, 4) is 0 Å². The highest BCUT2D eigenvalue weighted by Gasteiger charge is 2.35. The van der Waals surface area contributed by atoms with Crippen LogP contribution in [0.4, 0.5) is 11.4 Å². The predicted molar refractivity (Wildman–Crippen MR) is 108 cm³/mol. The molecule has 0 saturated carbocycles. The Morgan fingerprint density at radius 3 is 2.57 bits per heavy atom. The van der Waals surface area contributed by atoms with E-state index in [0.29, 0.717) is 35.1 Å². The SMILES string of the molecule is CCOC(=O)c1ccc(NC(=O)[C@@H]2CC(=O)N(c3ccc(C)c(Cl)c3)C2)cc1. The maximum atomic E-state index is 12.6. The van der Waals surface area contributed by atoms with Crippen LogP contribution < -0.4 is 10.2 Å². The van der Waals surface area contributed by atoms with Gasteiger partial charge >= 0.3 is 5.97 Å². The monoisotopic (exact) mass is 400 g/mol. The third-order valence-corrected chi connectivity index (χ3v) is 5.03. The van der Waals surface area contributed by atoms with Gasteiger partial charge in [0.2, 0.25) is 11.8 Å². The van der Waals surface area contributed by atoms with Gasteiger partial charge in [0.1, 0.15) is 0 Å². The normalized spacial score (nSPS) is 16.2. The van der Waals surface area contributed by atoms with E-state index in [1.165, 1.54) is 0 Å². The third-order valence-electron chi connectivity index (χ3n) is 4.63. The number of benzene rings is 2. The van der Waals surface area contributed by atoms with Crippen LogP contribution in [0.25, 0.3) is 0 Å². The number of rotatable bonds is 5. The summed E-state index contributed by atoms with van der Waals surface area (Å²) in [5, 5.41) is 3.38. The molecule has 7 heteroatoms. The summed E-state index contributed by atoms with van der Waals surface area (Å²) < 4.78 is 4.93. The van der Waals surface area contributed by atoms with Gasteiger partial charge in [-0.05, 0) is 55.8 Å². The lowest BCUT2D eigenvalue weighted by Crippen LogP contribution is -2.28. The van der Waals surface area contributed by atoms with Crippen LogP contribution in [0.3, 0.4) is 0 Å². The zero-order valence-electron chi connectivity index (χ0n) is 15.7. The highest BCUT2D eigenvalue weighted by atomic mass is 35.5. The van der Waals surface area contributed by atoms with Crippen molar-refractivity contribution in [1.29, 1.82) is 0 Å². The van der Waals surface area contributed by atoms with Crippen molar-refractivity contribution >= 4 is 40.8 Å². The summed E-state index contributed by atoms with van der Waals surface area (Å²) in [5.74, 6) is -1.22. The highest BCUT2D eigenvalue weighted by molar-refractivity contribution is 6.31. The second-order valence-electron chi connectivity index (χ2n) is 6.63. The minimum absolute atomic E-state index is 0.113. The van der Waals surface area contributed by atoms with Crippen molar-refractivity contribution in [3.63, 3.8) is 0 Å². The maximum Gasteiger partial charge on any atom is 0.338 e. The molecule has 0 aliphatic carbocycles. The fraction of sp³-hybridized carbons (Fsp3) is 0.286. The van der Waals surface area contributed by atoms with Crippen molar-refractivity contribution in [2.45, 2.75) is 20.3 Å². The van der Waals surface area contributed by atoms with Crippen LogP contribution in [0.1, 0.15) is 29.3 Å². The molecule has 1 aliphatic rings. The van der Waals surface area contributed by atoms with Gasteiger partial charge < -0.3 is 15.0 Å². The van der Waals surface area contributed by atoms with Crippen LogP contribution in [-0.4, -0.2) is 30.9 Å². The van der Waals surface area contributed by atoms with E-state index in [1.807, 2.05) is 19.1 Å². The second-order valence-corrected chi connectivity index (χ2v) is 7.03. The van der Waals surface area contributed by atoms with E-state index < -0.39 is 11.9 Å². The number of esters is 1. The predicted octanol–water partition coefficient (Wildman–Crippen LogP) is 3.82. The van der Waals surface area contributed by atoms with E-state index in [2.05, 4.69) is 5.32 Å². The van der Waals surface area contributed by atoms with Gasteiger partial charge in [0.15, 0.2) is 0 Å². The lowest BCUT2D eigenvalue weighted by molar-refractivity contribution is -0.122. The number of amides is 2. The average Bonchev–Trinajstić information content (AvgIpc) is 3.06. The Kier molecular flexibility index (Phi) is 5.99. The zero-order valence-corrected chi connectivity index (χ0v) is 16.5. The molecule has 3 rings (SSSR count). The Bertz CT molecular complexity index is 911. The van der Waals surface area contributed by atoms with Crippen molar-refractivity contribution in [1.82, 2.24) is 0 Å². The smallest absolute Gasteiger partial charge is 0.338 e. The number of hydrogen-bond donors (Lipinski definition) is 1. The fourth-order valence-electron chi connectivity index (χ4n) is 3.03. The quantitative estimate of drug-likeness (QED) is 0.774. The Labute approximate surface area is 168 Å². The molecule has 1 atom stereocenters. The fourth-order valence-corrected chi connectivity index (χ4v) is 3.21. The summed E-state index contributed by atoms with van der Waals surface area (Å²) in [6, 6.07) is 11.9. The first-order valence-corrected chi connectivity index (χ1v) is 9.41. The van der Waals surface area contributed by atoms with Gasteiger partial charge in [-0.15, -0.1) is 0 Å². The van der Waals surface area contributed by atoms with Crippen molar-refractivity contribution in [3.05, 3.63) is 58.6 Å².